The summed E-state index contributed by atoms with van der Waals surface area (Å²) in [6, 6.07) is 8.47. The van der Waals surface area contributed by atoms with Gasteiger partial charge >= 0.3 is 0 Å². The van der Waals surface area contributed by atoms with E-state index < -0.39 is 11.5 Å². The van der Waals surface area contributed by atoms with Crippen LogP contribution < -0.4 is 16.0 Å². The van der Waals surface area contributed by atoms with Gasteiger partial charge in [-0.2, -0.15) is 0 Å². The van der Waals surface area contributed by atoms with E-state index in [1.54, 1.807) is 13.2 Å². The molecule has 2 heterocycles. The SMILES string of the molecule is BCc1cc(C(N)=O)c(=O)[nH]c1CC1(c2cc(OC)ccc2C)CCN(CC2CC2)C(C)C1. The van der Waals surface area contributed by atoms with E-state index in [0.717, 1.165) is 55.1 Å². The van der Waals surface area contributed by atoms with Gasteiger partial charge in [0, 0.05) is 23.7 Å². The first kappa shape index (κ1) is 23.6. The number of nitrogens with zero attached hydrogens (tertiary/aromatic N) is 1. The van der Waals surface area contributed by atoms with Crippen LogP contribution in [-0.4, -0.2) is 49.9 Å². The van der Waals surface area contributed by atoms with Gasteiger partial charge in [0.2, 0.25) is 0 Å². The van der Waals surface area contributed by atoms with E-state index in [1.807, 2.05) is 13.9 Å². The van der Waals surface area contributed by atoms with Crippen LogP contribution in [0.3, 0.4) is 0 Å². The summed E-state index contributed by atoms with van der Waals surface area (Å²) in [7, 11) is 3.75. The molecule has 2 aromatic rings. The summed E-state index contributed by atoms with van der Waals surface area (Å²) in [4.78, 5) is 30.1. The summed E-state index contributed by atoms with van der Waals surface area (Å²) in [6.07, 6.45) is 6.19. The molecule has 1 aliphatic carbocycles. The molecule has 1 aromatic heterocycles. The lowest BCUT2D eigenvalue weighted by Gasteiger charge is -2.47. The van der Waals surface area contributed by atoms with Crippen LogP contribution >= 0.6 is 0 Å². The van der Waals surface area contributed by atoms with Crippen LogP contribution in [0.1, 0.15) is 65.3 Å². The van der Waals surface area contributed by atoms with Gasteiger partial charge < -0.3 is 20.4 Å². The number of methoxy groups -OCH3 is 1. The first-order valence-corrected chi connectivity index (χ1v) is 12.2. The van der Waals surface area contributed by atoms with Gasteiger partial charge in [-0.1, -0.05) is 12.4 Å². The van der Waals surface area contributed by atoms with E-state index in [0.29, 0.717) is 6.04 Å². The molecule has 1 aromatic carbocycles. The molecule has 1 saturated heterocycles. The number of pyridine rings is 1. The summed E-state index contributed by atoms with van der Waals surface area (Å²) >= 11 is 0. The lowest BCUT2D eigenvalue weighted by Crippen LogP contribution is -2.50. The van der Waals surface area contributed by atoms with Crippen LogP contribution in [0.4, 0.5) is 0 Å². The molecule has 7 heteroatoms. The van der Waals surface area contributed by atoms with Crippen molar-refractivity contribution in [3.8, 4) is 5.75 Å². The van der Waals surface area contributed by atoms with Crippen LogP contribution in [0, 0.1) is 12.8 Å². The molecule has 1 aliphatic heterocycles. The van der Waals surface area contributed by atoms with Crippen LogP contribution in [-0.2, 0) is 18.2 Å². The predicted molar refractivity (Wildman–Crippen MR) is 134 cm³/mol. The minimum Gasteiger partial charge on any atom is -0.497 e. The van der Waals surface area contributed by atoms with Crippen LogP contribution in [0.25, 0.3) is 0 Å². The number of carbonyl (C=O) groups excluding carboxylic acids is 1. The number of primary amides is 1. The highest BCUT2D eigenvalue weighted by Crippen LogP contribution is 2.44. The van der Waals surface area contributed by atoms with Crippen molar-refractivity contribution in [1.82, 2.24) is 9.88 Å². The summed E-state index contributed by atoms with van der Waals surface area (Å²) in [5.41, 5.74) is 9.39. The Morgan fingerprint density at radius 3 is 2.70 bits per heavy atom. The number of rotatable bonds is 8. The van der Waals surface area contributed by atoms with Crippen molar-refractivity contribution in [3.63, 3.8) is 0 Å². The van der Waals surface area contributed by atoms with Crippen molar-refractivity contribution in [1.29, 1.82) is 0 Å². The van der Waals surface area contributed by atoms with E-state index in [9.17, 15) is 9.59 Å². The molecule has 176 valence electrons. The molecule has 2 fully saturated rings. The standard InChI is InChI=1S/C26H36BN3O3/c1-16-4-7-20(33-3)11-22(16)26(8-9-30(17(2)12-26)15-18-5-6-18)13-23-19(14-27)10-21(24(28)31)25(32)29-23/h4,7,10-11,17-18H,5-6,8-9,12-15,27H2,1-3H3,(H2,28,31)(H,29,32). The molecule has 3 N–H and O–H groups in total. The highest BCUT2D eigenvalue weighted by Gasteiger charge is 2.42. The van der Waals surface area contributed by atoms with E-state index in [1.165, 1.54) is 30.5 Å². The Bertz CT molecular complexity index is 1090. The van der Waals surface area contributed by atoms with Crippen LogP contribution in [0.2, 0.25) is 0 Å². The molecule has 0 radical (unpaired) electrons. The Labute approximate surface area is 197 Å². The number of aromatic amines is 1. The molecule has 0 spiro atoms. The molecule has 1 saturated carbocycles. The number of nitrogens with one attached hydrogen (secondary N) is 1. The van der Waals surface area contributed by atoms with Gasteiger partial charge in [-0.3, -0.25) is 9.59 Å². The number of H-pyrrole nitrogens is 1. The largest absolute Gasteiger partial charge is 0.497 e. The number of aromatic nitrogens is 1. The third-order valence-electron chi connectivity index (χ3n) is 7.77. The van der Waals surface area contributed by atoms with Crippen molar-refractivity contribution >= 4 is 13.8 Å². The van der Waals surface area contributed by atoms with E-state index in [4.69, 9.17) is 10.5 Å². The summed E-state index contributed by atoms with van der Waals surface area (Å²) in [6.45, 7) is 6.74. The summed E-state index contributed by atoms with van der Waals surface area (Å²) < 4.78 is 5.59. The zero-order valence-electron chi connectivity index (χ0n) is 20.4. The first-order chi connectivity index (χ1) is 15.8. The van der Waals surface area contributed by atoms with Gasteiger partial charge in [0.15, 0.2) is 0 Å². The second-order valence-electron chi connectivity index (χ2n) is 10.1. The van der Waals surface area contributed by atoms with Crippen molar-refractivity contribution in [2.24, 2.45) is 11.7 Å². The molecule has 4 rings (SSSR count). The maximum atomic E-state index is 12.7. The van der Waals surface area contributed by atoms with Gasteiger partial charge in [0.1, 0.15) is 19.2 Å². The molecule has 2 atom stereocenters. The smallest absolute Gasteiger partial charge is 0.261 e. The average Bonchev–Trinajstić information content (AvgIpc) is 3.60. The van der Waals surface area contributed by atoms with Crippen molar-refractivity contribution in [2.45, 2.75) is 63.7 Å². The number of benzene rings is 1. The highest BCUT2D eigenvalue weighted by atomic mass is 16.5. The monoisotopic (exact) mass is 449 g/mol. The minimum absolute atomic E-state index is 0.0369. The molecule has 1 amide bonds. The quantitative estimate of drug-likeness (QED) is 0.606. The van der Waals surface area contributed by atoms with Gasteiger partial charge in [0.25, 0.3) is 11.5 Å². The van der Waals surface area contributed by atoms with Gasteiger partial charge in [-0.25, -0.2) is 0 Å². The number of hydrogen-bond donors (Lipinski definition) is 2. The minimum atomic E-state index is -0.683. The number of nitrogens with two attached hydrogens (primary N) is 1. The Hall–Kier alpha value is -2.54. The number of piperidine rings is 1. The number of ether oxygens (including phenoxy) is 1. The molecular weight excluding hydrogens is 413 g/mol. The molecule has 2 unspecified atom stereocenters. The fraction of sp³-hybridized carbons (Fsp3) is 0.538. The number of aryl methyl sites for hydroxylation is 1. The zero-order valence-corrected chi connectivity index (χ0v) is 20.4. The maximum Gasteiger partial charge on any atom is 0.261 e. The molecule has 33 heavy (non-hydrogen) atoms. The second kappa shape index (κ2) is 9.37. The Kier molecular flexibility index (Phi) is 6.71. The fourth-order valence-corrected chi connectivity index (χ4v) is 5.68. The topological polar surface area (TPSA) is 88.4 Å². The molecular formula is C26H36BN3O3. The van der Waals surface area contributed by atoms with Crippen molar-refractivity contribution < 1.29 is 9.53 Å². The zero-order chi connectivity index (χ0) is 23.8. The van der Waals surface area contributed by atoms with E-state index in [2.05, 4.69) is 35.9 Å². The molecule has 2 aliphatic rings. The third kappa shape index (κ3) is 4.88. The van der Waals surface area contributed by atoms with Gasteiger partial charge in [-0.15, -0.1) is 0 Å². The average molecular weight is 449 g/mol. The second-order valence-corrected chi connectivity index (χ2v) is 10.1. The highest BCUT2D eigenvalue weighted by molar-refractivity contribution is 6.08. The predicted octanol–water partition coefficient (Wildman–Crippen LogP) is 2.30. The number of likely N-dealkylation sites (tertiary alicyclic amines) is 1. The van der Waals surface area contributed by atoms with E-state index in [-0.39, 0.29) is 11.0 Å². The summed E-state index contributed by atoms with van der Waals surface area (Å²) in [5, 5.41) is 0. The van der Waals surface area contributed by atoms with Crippen LogP contribution in [0.5, 0.6) is 5.75 Å². The van der Waals surface area contributed by atoms with Gasteiger partial charge in [-0.05, 0) is 93.3 Å². The molecule has 6 nitrogen and oxygen atoms in total. The van der Waals surface area contributed by atoms with E-state index >= 15 is 0 Å². The van der Waals surface area contributed by atoms with Gasteiger partial charge in [0.05, 0.1) is 7.11 Å². The Morgan fingerprint density at radius 1 is 1.33 bits per heavy atom. The fourth-order valence-electron chi connectivity index (χ4n) is 5.68. The van der Waals surface area contributed by atoms with Crippen molar-refractivity contribution in [3.05, 3.63) is 62.6 Å². The number of amides is 1. The van der Waals surface area contributed by atoms with Crippen molar-refractivity contribution in [2.75, 3.05) is 20.2 Å². The molecule has 0 bridgehead atoms. The number of hydrogen-bond acceptors (Lipinski definition) is 4. The van der Waals surface area contributed by atoms with Crippen LogP contribution in [0.15, 0.2) is 29.1 Å². The Morgan fingerprint density at radius 2 is 2.09 bits per heavy atom. The summed E-state index contributed by atoms with van der Waals surface area (Å²) in [5.74, 6) is 1.04. The third-order valence-corrected chi connectivity index (χ3v) is 7.77. The maximum absolute atomic E-state index is 12.7. The lowest BCUT2D eigenvalue weighted by atomic mass is 9.66. The first-order valence-electron chi connectivity index (χ1n) is 12.2. The lowest BCUT2D eigenvalue weighted by molar-refractivity contribution is 0.0960. The number of carbonyl (C=O) groups is 1. The Balaban J connectivity index is 1.77. The normalized spacial score (nSPS) is 23.4.